The summed E-state index contributed by atoms with van der Waals surface area (Å²) in [6.07, 6.45) is 4.87. The summed E-state index contributed by atoms with van der Waals surface area (Å²) in [5.41, 5.74) is 0. The van der Waals surface area contributed by atoms with E-state index in [4.69, 9.17) is 4.74 Å². The van der Waals surface area contributed by atoms with Gasteiger partial charge in [-0.3, -0.25) is 4.79 Å². The second-order valence-corrected chi connectivity index (χ2v) is 7.72. The molecule has 0 spiro atoms. The molecule has 2 amide bonds. The number of rotatable bonds is 5. The fourth-order valence-corrected chi connectivity index (χ4v) is 3.82. The van der Waals surface area contributed by atoms with Crippen molar-refractivity contribution in [3.63, 3.8) is 0 Å². The minimum atomic E-state index is -0.177. The normalized spacial score (nSPS) is 23.4. The molecule has 1 atom stereocenters. The van der Waals surface area contributed by atoms with Crippen LogP contribution in [0.3, 0.4) is 0 Å². The topological polar surface area (TPSA) is 61.9 Å². The molecule has 0 aromatic heterocycles. The largest absolute Gasteiger partial charge is 0.450 e. The van der Waals surface area contributed by atoms with Crippen molar-refractivity contribution in [3.8, 4) is 0 Å². The zero-order valence-corrected chi connectivity index (χ0v) is 16.1. The van der Waals surface area contributed by atoms with Crippen LogP contribution in [0.5, 0.6) is 0 Å². The molecule has 0 bridgehead atoms. The zero-order valence-electron chi connectivity index (χ0n) is 16.1. The first kappa shape index (κ1) is 20.0. The van der Waals surface area contributed by atoms with Gasteiger partial charge < -0.3 is 19.9 Å². The molecule has 0 radical (unpaired) electrons. The van der Waals surface area contributed by atoms with Gasteiger partial charge in [0.15, 0.2) is 0 Å². The summed E-state index contributed by atoms with van der Waals surface area (Å²) in [6, 6.07) is 0.527. The molecule has 6 heteroatoms. The van der Waals surface area contributed by atoms with E-state index in [0.717, 1.165) is 64.8 Å². The van der Waals surface area contributed by atoms with Gasteiger partial charge in [0.05, 0.1) is 6.61 Å². The fraction of sp³-hybridized carbons (Fsp3) is 0.895. The summed E-state index contributed by atoms with van der Waals surface area (Å²) < 4.78 is 5.13. The second-order valence-electron chi connectivity index (χ2n) is 7.72. The van der Waals surface area contributed by atoms with Crippen molar-refractivity contribution < 1.29 is 14.3 Å². The summed E-state index contributed by atoms with van der Waals surface area (Å²) in [5, 5.41) is 3.07. The highest BCUT2D eigenvalue weighted by molar-refractivity contribution is 5.78. The molecule has 6 nitrogen and oxygen atoms in total. The third kappa shape index (κ3) is 6.17. The van der Waals surface area contributed by atoms with Gasteiger partial charge in [-0.15, -0.1) is 0 Å². The maximum Gasteiger partial charge on any atom is 0.409 e. The second kappa shape index (κ2) is 10.00. The number of ether oxygens (including phenoxy) is 1. The van der Waals surface area contributed by atoms with Gasteiger partial charge >= 0.3 is 6.09 Å². The molecule has 2 saturated heterocycles. The van der Waals surface area contributed by atoms with Crippen molar-refractivity contribution in [1.82, 2.24) is 15.1 Å². The van der Waals surface area contributed by atoms with Gasteiger partial charge in [-0.2, -0.15) is 0 Å². The number of piperidine rings is 1. The Labute approximate surface area is 152 Å². The minimum Gasteiger partial charge on any atom is -0.450 e. The monoisotopic (exact) mass is 353 g/mol. The molecule has 1 N–H and O–H groups in total. The van der Waals surface area contributed by atoms with Crippen molar-refractivity contribution in [3.05, 3.63) is 0 Å². The van der Waals surface area contributed by atoms with Gasteiger partial charge in [0.1, 0.15) is 0 Å². The molecule has 0 unspecified atom stereocenters. The number of carbonyl (C=O) groups excluding carboxylic acids is 2. The number of hydrogen-bond acceptors (Lipinski definition) is 4. The molecule has 0 aromatic carbocycles. The third-order valence-electron chi connectivity index (χ3n) is 5.32. The van der Waals surface area contributed by atoms with Crippen LogP contribution in [0.4, 0.5) is 4.79 Å². The van der Waals surface area contributed by atoms with Crippen LogP contribution in [0, 0.1) is 11.8 Å². The van der Waals surface area contributed by atoms with Crippen LogP contribution in [0.2, 0.25) is 0 Å². The Morgan fingerprint density at radius 1 is 1.08 bits per heavy atom. The number of carbonyl (C=O) groups is 2. The Hall–Kier alpha value is -1.30. The lowest BCUT2D eigenvalue weighted by Gasteiger charge is -2.37. The lowest BCUT2D eigenvalue weighted by molar-refractivity contribution is -0.126. The van der Waals surface area contributed by atoms with E-state index >= 15 is 0 Å². The van der Waals surface area contributed by atoms with E-state index in [2.05, 4.69) is 24.1 Å². The van der Waals surface area contributed by atoms with Crippen molar-refractivity contribution in [1.29, 1.82) is 0 Å². The van der Waals surface area contributed by atoms with Crippen LogP contribution in [0.25, 0.3) is 0 Å². The van der Waals surface area contributed by atoms with Crippen LogP contribution >= 0.6 is 0 Å². The molecule has 0 aliphatic carbocycles. The smallest absolute Gasteiger partial charge is 0.409 e. The van der Waals surface area contributed by atoms with E-state index in [-0.39, 0.29) is 17.9 Å². The van der Waals surface area contributed by atoms with E-state index < -0.39 is 0 Å². The molecule has 25 heavy (non-hydrogen) atoms. The minimum absolute atomic E-state index is 0.164. The van der Waals surface area contributed by atoms with Crippen LogP contribution in [0.1, 0.15) is 52.9 Å². The first-order valence-corrected chi connectivity index (χ1v) is 9.94. The molecule has 2 aliphatic rings. The lowest BCUT2D eigenvalue weighted by Crippen LogP contribution is -2.45. The number of nitrogens with zero attached hydrogens (tertiary/aromatic N) is 2. The third-order valence-corrected chi connectivity index (χ3v) is 5.32. The molecule has 0 aromatic rings. The van der Waals surface area contributed by atoms with E-state index in [9.17, 15) is 9.59 Å². The number of likely N-dealkylation sites (tertiary alicyclic amines) is 2. The first-order valence-electron chi connectivity index (χ1n) is 9.94. The van der Waals surface area contributed by atoms with E-state index in [0.29, 0.717) is 18.6 Å². The molecule has 2 fully saturated rings. The van der Waals surface area contributed by atoms with Crippen molar-refractivity contribution in [2.45, 2.75) is 58.9 Å². The summed E-state index contributed by atoms with van der Waals surface area (Å²) in [7, 11) is 0. The SMILES string of the molecule is CCOC(=O)N1CCC[C@H](N2CCC(C(=O)NCC(C)C)CC2)CC1. The molecule has 0 saturated carbocycles. The molecule has 2 aliphatic heterocycles. The van der Waals surface area contributed by atoms with Gasteiger partial charge in [-0.1, -0.05) is 13.8 Å². The maximum atomic E-state index is 12.2. The van der Waals surface area contributed by atoms with E-state index in [1.807, 2.05) is 11.8 Å². The van der Waals surface area contributed by atoms with Crippen LogP contribution in [-0.4, -0.2) is 67.2 Å². The molecule has 2 heterocycles. The van der Waals surface area contributed by atoms with Gasteiger partial charge in [-0.05, 0) is 58.0 Å². The summed E-state index contributed by atoms with van der Waals surface area (Å²) in [6.45, 7) is 10.8. The molecular weight excluding hydrogens is 318 g/mol. The van der Waals surface area contributed by atoms with Gasteiger partial charge in [0, 0.05) is 31.6 Å². The predicted octanol–water partition coefficient (Wildman–Crippen LogP) is 2.48. The molecular formula is C19H35N3O3. The highest BCUT2D eigenvalue weighted by atomic mass is 16.6. The lowest BCUT2D eigenvalue weighted by atomic mass is 9.93. The summed E-state index contributed by atoms with van der Waals surface area (Å²) in [5.74, 6) is 0.886. The Morgan fingerprint density at radius 2 is 1.80 bits per heavy atom. The molecule has 144 valence electrons. The standard InChI is InChI=1S/C19H35N3O3/c1-4-25-19(24)22-10-5-6-17(9-13-22)21-11-7-16(8-12-21)18(23)20-14-15(2)3/h15-17H,4-14H2,1-3H3,(H,20,23)/t17-/m0/s1. The quantitative estimate of drug-likeness (QED) is 0.825. The average molecular weight is 354 g/mol. The zero-order chi connectivity index (χ0) is 18.2. The Morgan fingerprint density at radius 3 is 2.44 bits per heavy atom. The Bertz CT molecular complexity index is 434. The highest BCUT2D eigenvalue weighted by Gasteiger charge is 2.30. The van der Waals surface area contributed by atoms with Crippen LogP contribution < -0.4 is 5.32 Å². The van der Waals surface area contributed by atoms with Crippen LogP contribution in [0.15, 0.2) is 0 Å². The van der Waals surface area contributed by atoms with Crippen molar-refractivity contribution in [2.24, 2.45) is 11.8 Å². The first-order chi connectivity index (χ1) is 12.0. The van der Waals surface area contributed by atoms with Gasteiger partial charge in [-0.25, -0.2) is 4.79 Å². The maximum absolute atomic E-state index is 12.2. The number of hydrogen-bond donors (Lipinski definition) is 1. The van der Waals surface area contributed by atoms with Crippen molar-refractivity contribution >= 4 is 12.0 Å². The predicted molar refractivity (Wildman–Crippen MR) is 98.4 cm³/mol. The van der Waals surface area contributed by atoms with E-state index in [1.54, 1.807) is 0 Å². The molecule has 2 rings (SSSR count). The Kier molecular flexibility index (Phi) is 8.00. The Balaban J connectivity index is 1.75. The number of amides is 2. The van der Waals surface area contributed by atoms with Gasteiger partial charge in [0.2, 0.25) is 5.91 Å². The van der Waals surface area contributed by atoms with Crippen LogP contribution in [-0.2, 0) is 9.53 Å². The van der Waals surface area contributed by atoms with E-state index in [1.165, 1.54) is 0 Å². The summed E-state index contributed by atoms with van der Waals surface area (Å²) >= 11 is 0. The highest BCUT2D eigenvalue weighted by Crippen LogP contribution is 2.24. The average Bonchev–Trinajstić information content (AvgIpc) is 2.86. The summed E-state index contributed by atoms with van der Waals surface area (Å²) in [4.78, 5) is 28.5. The fourth-order valence-electron chi connectivity index (χ4n) is 3.82. The van der Waals surface area contributed by atoms with Gasteiger partial charge in [0.25, 0.3) is 0 Å². The van der Waals surface area contributed by atoms with Crippen molar-refractivity contribution in [2.75, 3.05) is 39.3 Å². The number of nitrogens with one attached hydrogen (secondary N) is 1.